The van der Waals surface area contributed by atoms with Crippen molar-refractivity contribution in [2.24, 2.45) is 0 Å². The van der Waals surface area contributed by atoms with Crippen LogP contribution in [0.1, 0.15) is 24.0 Å². The quantitative estimate of drug-likeness (QED) is 0.860. The molecule has 3 nitrogen and oxygen atoms in total. The summed E-state index contributed by atoms with van der Waals surface area (Å²) in [6.07, 6.45) is -0.433. The lowest BCUT2D eigenvalue weighted by Gasteiger charge is -2.15. The number of ether oxygens (including phenoxy) is 1. The Balaban J connectivity index is 2.21. The van der Waals surface area contributed by atoms with E-state index in [0.29, 0.717) is 4.58 Å². The number of thioether (sulfide) groups is 2. The third-order valence-corrected chi connectivity index (χ3v) is 5.66. The first kappa shape index (κ1) is 13.4. The molecule has 0 saturated carbocycles. The maximum Gasteiger partial charge on any atom is 0.411 e. The molecule has 1 aliphatic heterocycles. The Bertz CT molecular complexity index is 486. The van der Waals surface area contributed by atoms with E-state index in [4.69, 9.17) is 0 Å². The lowest BCUT2D eigenvalue weighted by atomic mass is 10.2. The van der Waals surface area contributed by atoms with E-state index in [1.165, 1.54) is 16.9 Å². The Kier molecular flexibility index (Phi) is 4.24. The summed E-state index contributed by atoms with van der Waals surface area (Å²) in [5.41, 5.74) is 1.94. The van der Waals surface area contributed by atoms with Crippen LogP contribution in [0.2, 0.25) is 0 Å². The summed E-state index contributed by atoms with van der Waals surface area (Å²) >= 11 is 3.65. The van der Waals surface area contributed by atoms with Crippen LogP contribution >= 0.6 is 23.5 Å². The molecule has 1 aromatic rings. The number of para-hydroxylation sites is 1. The number of carbonyl (C=O) groups is 1. The van der Waals surface area contributed by atoms with Crippen LogP contribution in [0, 0.1) is 0 Å². The molecule has 0 radical (unpaired) electrons. The number of methoxy groups -OCH3 is 1. The zero-order chi connectivity index (χ0) is 13.1. The van der Waals surface area contributed by atoms with Crippen LogP contribution in [0.4, 0.5) is 10.5 Å². The van der Waals surface area contributed by atoms with Gasteiger partial charge in [-0.15, -0.1) is 23.5 Å². The number of anilines is 1. The zero-order valence-electron chi connectivity index (χ0n) is 10.5. The van der Waals surface area contributed by atoms with Gasteiger partial charge in [0.2, 0.25) is 0 Å². The predicted octanol–water partition coefficient (Wildman–Crippen LogP) is 4.59. The fourth-order valence-corrected chi connectivity index (χ4v) is 4.60. The second kappa shape index (κ2) is 5.71. The molecule has 1 amide bonds. The van der Waals surface area contributed by atoms with Gasteiger partial charge in [0, 0.05) is 5.69 Å². The van der Waals surface area contributed by atoms with Crippen molar-refractivity contribution in [3.05, 3.63) is 39.6 Å². The predicted molar refractivity (Wildman–Crippen MR) is 78.8 cm³/mol. The fourth-order valence-electron chi connectivity index (χ4n) is 1.62. The number of allylic oxidation sites excluding steroid dienone is 2. The highest BCUT2D eigenvalue weighted by molar-refractivity contribution is 8.22. The van der Waals surface area contributed by atoms with E-state index in [1.54, 1.807) is 0 Å². The van der Waals surface area contributed by atoms with Gasteiger partial charge in [-0.2, -0.15) is 0 Å². The highest BCUT2D eigenvalue weighted by Gasteiger charge is 2.24. The van der Waals surface area contributed by atoms with E-state index in [9.17, 15) is 4.79 Å². The lowest BCUT2D eigenvalue weighted by Crippen LogP contribution is -2.12. The van der Waals surface area contributed by atoms with E-state index in [2.05, 4.69) is 23.9 Å². The second-order valence-corrected chi connectivity index (χ2v) is 6.82. The summed E-state index contributed by atoms with van der Waals surface area (Å²) in [6, 6.07) is 7.84. The first-order chi connectivity index (χ1) is 8.61. The molecular formula is C13H15NO2S2. The number of nitrogens with one attached hydrogen (secondary N) is 1. The van der Waals surface area contributed by atoms with Gasteiger partial charge in [0.1, 0.15) is 0 Å². The minimum atomic E-state index is -0.433. The van der Waals surface area contributed by atoms with E-state index < -0.39 is 6.09 Å². The van der Waals surface area contributed by atoms with E-state index in [0.717, 1.165) is 11.3 Å². The first-order valence-electron chi connectivity index (χ1n) is 5.56. The van der Waals surface area contributed by atoms with Crippen LogP contribution in [-0.2, 0) is 4.74 Å². The van der Waals surface area contributed by atoms with Gasteiger partial charge >= 0.3 is 6.09 Å². The Morgan fingerprint density at radius 2 is 1.83 bits per heavy atom. The maximum absolute atomic E-state index is 11.3. The topological polar surface area (TPSA) is 38.3 Å². The summed E-state index contributed by atoms with van der Waals surface area (Å²) in [4.78, 5) is 14.0. The Labute approximate surface area is 115 Å². The Morgan fingerprint density at radius 3 is 2.44 bits per heavy atom. The molecule has 1 heterocycles. The van der Waals surface area contributed by atoms with Crippen LogP contribution in [0.5, 0.6) is 0 Å². The molecule has 0 atom stereocenters. The number of rotatable bonds is 2. The van der Waals surface area contributed by atoms with Crippen molar-refractivity contribution < 1.29 is 9.53 Å². The number of hydrogen-bond acceptors (Lipinski definition) is 4. The molecule has 0 unspecified atom stereocenters. The summed E-state index contributed by atoms with van der Waals surface area (Å²) < 4.78 is 4.94. The highest BCUT2D eigenvalue weighted by atomic mass is 32.2. The van der Waals surface area contributed by atoms with E-state index >= 15 is 0 Å². The lowest BCUT2D eigenvalue weighted by molar-refractivity contribution is 0.187. The number of hydrogen-bond donors (Lipinski definition) is 1. The van der Waals surface area contributed by atoms with Crippen LogP contribution in [-0.4, -0.2) is 13.2 Å². The minimum Gasteiger partial charge on any atom is -0.453 e. The summed E-state index contributed by atoms with van der Waals surface area (Å²) in [6.45, 7) is 4.26. The van der Waals surface area contributed by atoms with Gasteiger partial charge in [-0.05, 0) is 35.3 Å². The number of carbonyl (C=O) groups excluding carboxylic acids is 1. The van der Waals surface area contributed by atoms with Crippen molar-refractivity contribution in [3.8, 4) is 0 Å². The van der Waals surface area contributed by atoms with Gasteiger partial charge in [0.15, 0.2) is 0 Å². The maximum atomic E-state index is 11.3. The second-order valence-electron chi connectivity index (χ2n) is 3.88. The Morgan fingerprint density at radius 1 is 1.22 bits per heavy atom. The van der Waals surface area contributed by atoms with Gasteiger partial charge in [0.25, 0.3) is 0 Å². The van der Waals surface area contributed by atoms with Crippen molar-refractivity contribution in [1.82, 2.24) is 0 Å². The largest absolute Gasteiger partial charge is 0.453 e. The third-order valence-electron chi connectivity index (χ3n) is 2.70. The molecule has 2 rings (SSSR count). The molecule has 1 aromatic carbocycles. The molecule has 1 N–H and O–H groups in total. The fraction of sp³-hybridized carbons (Fsp3) is 0.308. The van der Waals surface area contributed by atoms with Crippen molar-refractivity contribution in [2.75, 3.05) is 12.4 Å². The zero-order valence-corrected chi connectivity index (χ0v) is 12.2. The molecule has 0 saturated heterocycles. The average Bonchev–Trinajstić information content (AvgIpc) is 2.70. The third kappa shape index (κ3) is 2.84. The Hall–Kier alpha value is -1.07. The summed E-state index contributed by atoms with van der Waals surface area (Å²) in [7, 11) is 1.37. The molecule has 0 aliphatic carbocycles. The molecule has 0 fully saturated rings. The molecule has 0 spiro atoms. The van der Waals surface area contributed by atoms with Crippen molar-refractivity contribution in [1.29, 1.82) is 0 Å². The van der Waals surface area contributed by atoms with E-state index in [-0.39, 0.29) is 0 Å². The first-order valence-corrected chi connectivity index (χ1v) is 7.32. The average molecular weight is 281 g/mol. The van der Waals surface area contributed by atoms with Gasteiger partial charge in [-0.25, -0.2) is 4.79 Å². The van der Waals surface area contributed by atoms with E-state index in [1.807, 2.05) is 47.8 Å². The highest BCUT2D eigenvalue weighted by Crippen LogP contribution is 2.55. The number of benzene rings is 1. The summed E-state index contributed by atoms with van der Waals surface area (Å²) in [5.74, 6) is 0. The molecule has 1 aliphatic rings. The standard InChI is InChI=1S/C13H15NO2S2/c1-8-9(2)18-12(17-8)10-6-4-5-7-11(10)14-13(15)16-3/h4-7,12H,1-3H3,(H,14,15). The molecule has 18 heavy (non-hydrogen) atoms. The van der Waals surface area contributed by atoms with Crippen LogP contribution in [0.25, 0.3) is 0 Å². The van der Waals surface area contributed by atoms with Crippen LogP contribution in [0.3, 0.4) is 0 Å². The van der Waals surface area contributed by atoms with Gasteiger partial charge in [0.05, 0.1) is 11.7 Å². The van der Waals surface area contributed by atoms with Gasteiger partial charge < -0.3 is 4.74 Å². The van der Waals surface area contributed by atoms with Crippen LogP contribution in [0.15, 0.2) is 34.1 Å². The van der Waals surface area contributed by atoms with Gasteiger partial charge in [-0.1, -0.05) is 18.2 Å². The monoisotopic (exact) mass is 281 g/mol. The number of amides is 1. The SMILES string of the molecule is COC(=O)Nc1ccccc1C1SC(C)=C(C)S1. The normalized spacial score (nSPS) is 15.9. The smallest absolute Gasteiger partial charge is 0.411 e. The van der Waals surface area contributed by atoms with Crippen molar-refractivity contribution >= 4 is 35.3 Å². The van der Waals surface area contributed by atoms with Crippen molar-refractivity contribution in [3.63, 3.8) is 0 Å². The van der Waals surface area contributed by atoms with Crippen LogP contribution < -0.4 is 5.32 Å². The molecule has 0 aromatic heterocycles. The summed E-state index contributed by atoms with van der Waals surface area (Å²) in [5, 5.41) is 2.76. The molecule has 0 bridgehead atoms. The van der Waals surface area contributed by atoms with Crippen molar-refractivity contribution in [2.45, 2.75) is 18.4 Å². The molecule has 96 valence electrons. The van der Waals surface area contributed by atoms with Gasteiger partial charge in [-0.3, -0.25) is 5.32 Å². The molecular weight excluding hydrogens is 266 g/mol. The minimum absolute atomic E-state index is 0.304. The molecule has 5 heteroatoms.